The number of rotatable bonds is 2. The van der Waals surface area contributed by atoms with E-state index in [4.69, 9.17) is 4.74 Å². The summed E-state index contributed by atoms with van der Waals surface area (Å²) in [4.78, 5) is 30.2. The van der Waals surface area contributed by atoms with Crippen LogP contribution in [-0.4, -0.2) is 22.4 Å². The average molecular weight is 331 g/mol. The van der Waals surface area contributed by atoms with Crippen molar-refractivity contribution in [2.75, 3.05) is 10.6 Å². The van der Waals surface area contributed by atoms with Crippen LogP contribution in [0.2, 0.25) is 0 Å². The van der Waals surface area contributed by atoms with Gasteiger partial charge >= 0.3 is 0 Å². The van der Waals surface area contributed by atoms with Crippen molar-refractivity contribution in [3.05, 3.63) is 34.3 Å². The fourth-order valence-electron chi connectivity index (χ4n) is 2.23. The Bertz CT molecular complexity index is 795. The first-order valence-electron chi connectivity index (χ1n) is 7.16. The van der Waals surface area contributed by atoms with Gasteiger partial charge in [0.15, 0.2) is 5.13 Å². The van der Waals surface area contributed by atoms with Crippen molar-refractivity contribution in [2.45, 2.75) is 33.3 Å². The Hall–Kier alpha value is -2.41. The number of hydrogen-bond acceptors (Lipinski definition) is 5. The van der Waals surface area contributed by atoms with Gasteiger partial charge < -0.3 is 10.1 Å². The summed E-state index contributed by atoms with van der Waals surface area (Å²) in [5, 5.41) is 5.86. The molecule has 1 unspecified atom stereocenters. The topological polar surface area (TPSA) is 80.3 Å². The number of carbonyl (C=O) groups excluding carboxylic acids is 2. The van der Waals surface area contributed by atoms with E-state index in [2.05, 4.69) is 15.6 Å². The smallest absolute Gasteiger partial charge is 0.280 e. The van der Waals surface area contributed by atoms with Crippen LogP contribution in [0.5, 0.6) is 5.75 Å². The number of nitrogens with zero attached hydrogens (tertiary/aromatic N) is 1. The van der Waals surface area contributed by atoms with Crippen LogP contribution >= 0.6 is 11.3 Å². The van der Waals surface area contributed by atoms with Gasteiger partial charge in [-0.25, -0.2) is 4.98 Å². The van der Waals surface area contributed by atoms with E-state index in [9.17, 15) is 9.59 Å². The molecule has 0 aliphatic carbocycles. The maximum atomic E-state index is 12.6. The zero-order valence-corrected chi connectivity index (χ0v) is 14.1. The highest BCUT2D eigenvalue weighted by molar-refractivity contribution is 7.15. The Morgan fingerprint density at radius 1 is 1.35 bits per heavy atom. The number of anilines is 2. The van der Waals surface area contributed by atoms with Crippen molar-refractivity contribution >= 4 is 34.0 Å². The van der Waals surface area contributed by atoms with E-state index in [-0.39, 0.29) is 0 Å². The predicted molar refractivity (Wildman–Crippen MR) is 89.1 cm³/mol. The molecule has 0 fully saturated rings. The maximum Gasteiger partial charge on any atom is 0.280 e. The quantitative estimate of drug-likeness (QED) is 0.829. The number of carbonyl (C=O) groups is 2. The van der Waals surface area contributed by atoms with Crippen LogP contribution in [-0.2, 0) is 9.59 Å². The van der Waals surface area contributed by atoms with Crippen molar-refractivity contribution in [3.8, 4) is 5.75 Å². The Morgan fingerprint density at radius 3 is 2.74 bits per heavy atom. The van der Waals surface area contributed by atoms with Gasteiger partial charge in [-0.15, -0.1) is 11.3 Å². The molecule has 120 valence electrons. The summed E-state index contributed by atoms with van der Waals surface area (Å²) in [6.45, 7) is 7.16. The molecule has 0 spiro atoms. The van der Waals surface area contributed by atoms with Gasteiger partial charge in [0.05, 0.1) is 11.4 Å². The van der Waals surface area contributed by atoms with Gasteiger partial charge in [-0.3, -0.25) is 14.9 Å². The monoisotopic (exact) mass is 331 g/mol. The Kier molecular flexibility index (Phi) is 3.60. The number of hydrogen-bond donors (Lipinski definition) is 2. The lowest BCUT2D eigenvalue weighted by Crippen LogP contribution is -2.56. The molecule has 3 rings (SSSR count). The van der Waals surface area contributed by atoms with E-state index in [0.29, 0.717) is 16.6 Å². The third-order valence-corrected chi connectivity index (χ3v) is 4.80. The fraction of sp³-hybridized carbons (Fsp3) is 0.312. The number of aryl methyl sites for hydroxylation is 3. The molecule has 0 radical (unpaired) electrons. The van der Waals surface area contributed by atoms with Gasteiger partial charge in [0.25, 0.3) is 17.4 Å². The number of thiazole rings is 1. The summed E-state index contributed by atoms with van der Waals surface area (Å²) >= 11 is 1.36. The first-order valence-corrected chi connectivity index (χ1v) is 7.98. The van der Waals surface area contributed by atoms with Gasteiger partial charge in [-0.1, -0.05) is 6.07 Å². The molecular weight excluding hydrogens is 314 g/mol. The van der Waals surface area contributed by atoms with Crippen molar-refractivity contribution in [1.29, 1.82) is 0 Å². The van der Waals surface area contributed by atoms with Crippen LogP contribution in [0.1, 0.15) is 23.1 Å². The summed E-state index contributed by atoms with van der Waals surface area (Å²) in [6.07, 6.45) is 0. The van der Waals surface area contributed by atoms with Crippen LogP contribution < -0.4 is 15.4 Å². The van der Waals surface area contributed by atoms with Crippen molar-refractivity contribution < 1.29 is 14.3 Å². The minimum absolute atomic E-state index is 0.456. The first kappa shape index (κ1) is 15.5. The molecule has 1 aromatic carbocycles. The van der Waals surface area contributed by atoms with Gasteiger partial charge in [0.1, 0.15) is 5.75 Å². The van der Waals surface area contributed by atoms with Gasteiger partial charge in [-0.2, -0.15) is 0 Å². The molecule has 2 heterocycles. The molecule has 2 aromatic rings. The fourth-order valence-corrected chi connectivity index (χ4v) is 3.04. The number of amides is 2. The third kappa shape index (κ3) is 2.68. The summed E-state index contributed by atoms with van der Waals surface area (Å²) in [5.74, 6) is -0.576. The number of fused-ring (bicyclic) bond motifs is 1. The van der Waals surface area contributed by atoms with Crippen molar-refractivity contribution in [1.82, 2.24) is 4.98 Å². The first-order chi connectivity index (χ1) is 10.8. The van der Waals surface area contributed by atoms with Gasteiger partial charge in [0.2, 0.25) is 0 Å². The second kappa shape index (κ2) is 5.34. The lowest BCUT2D eigenvalue weighted by atomic mass is 10.0. The van der Waals surface area contributed by atoms with Crippen LogP contribution in [0, 0.1) is 20.8 Å². The van der Waals surface area contributed by atoms with E-state index in [1.54, 1.807) is 12.1 Å². The minimum atomic E-state index is -1.64. The molecule has 1 aliphatic rings. The normalized spacial score (nSPS) is 19.6. The molecule has 0 bridgehead atoms. The number of aromatic nitrogens is 1. The molecule has 1 atom stereocenters. The van der Waals surface area contributed by atoms with Gasteiger partial charge in [-0.05, 0) is 45.4 Å². The van der Waals surface area contributed by atoms with Crippen LogP contribution in [0.15, 0.2) is 18.2 Å². The molecule has 0 saturated carbocycles. The largest absolute Gasteiger partial charge is 0.466 e. The highest BCUT2D eigenvalue weighted by atomic mass is 32.1. The summed E-state index contributed by atoms with van der Waals surface area (Å²) in [7, 11) is 0. The third-order valence-electron chi connectivity index (χ3n) is 3.81. The highest BCUT2D eigenvalue weighted by Gasteiger charge is 2.47. The predicted octanol–water partition coefficient (Wildman–Crippen LogP) is 2.80. The summed E-state index contributed by atoms with van der Waals surface area (Å²) in [6, 6.07) is 5.41. The molecule has 7 heteroatoms. The Balaban J connectivity index is 1.87. The molecule has 1 aromatic heterocycles. The van der Waals surface area contributed by atoms with Gasteiger partial charge in [0, 0.05) is 4.88 Å². The molecule has 23 heavy (non-hydrogen) atoms. The Labute approximate surface area is 137 Å². The second-order valence-corrected chi connectivity index (χ2v) is 6.91. The highest BCUT2D eigenvalue weighted by Crippen LogP contribution is 2.35. The zero-order valence-electron chi connectivity index (χ0n) is 13.3. The number of ether oxygens (including phenoxy) is 1. The molecule has 2 N–H and O–H groups in total. The lowest BCUT2D eigenvalue weighted by Gasteiger charge is -2.33. The van der Waals surface area contributed by atoms with Crippen LogP contribution in [0.3, 0.4) is 0 Å². The molecule has 0 saturated heterocycles. The average Bonchev–Trinajstić information content (AvgIpc) is 2.79. The van der Waals surface area contributed by atoms with Crippen LogP contribution in [0.25, 0.3) is 0 Å². The number of nitrogens with one attached hydrogen (secondary N) is 2. The summed E-state index contributed by atoms with van der Waals surface area (Å²) < 4.78 is 5.71. The molecular formula is C16H17N3O3S. The second-order valence-electron chi connectivity index (χ2n) is 5.70. The summed E-state index contributed by atoms with van der Waals surface area (Å²) in [5.41, 5.74) is 0.774. The molecule has 2 amide bonds. The Morgan fingerprint density at radius 2 is 2.09 bits per heavy atom. The molecule has 6 nitrogen and oxygen atoms in total. The van der Waals surface area contributed by atoms with E-state index < -0.39 is 17.4 Å². The van der Waals surface area contributed by atoms with Crippen molar-refractivity contribution in [2.24, 2.45) is 0 Å². The molecule has 1 aliphatic heterocycles. The van der Waals surface area contributed by atoms with Crippen LogP contribution in [0.4, 0.5) is 10.8 Å². The van der Waals surface area contributed by atoms with E-state index in [1.807, 2.05) is 26.8 Å². The lowest BCUT2D eigenvalue weighted by molar-refractivity contribution is -0.143. The maximum absolute atomic E-state index is 12.6. The van der Waals surface area contributed by atoms with Crippen molar-refractivity contribution in [3.63, 3.8) is 0 Å². The zero-order chi connectivity index (χ0) is 16.8. The number of benzene rings is 1. The minimum Gasteiger partial charge on any atom is -0.466 e. The van der Waals surface area contributed by atoms with E-state index in [0.717, 1.165) is 16.1 Å². The van der Waals surface area contributed by atoms with E-state index >= 15 is 0 Å². The standard InChI is InChI=1S/C16H17N3O3S/c1-8-5-6-12-11(7-8)18-13(20)16(4,22-12)14(21)19-15-17-9(2)10(3)23-15/h5-7H,1-4H3,(H,18,20)(H,17,19,21). The van der Waals surface area contributed by atoms with E-state index in [1.165, 1.54) is 18.3 Å². The SMILES string of the molecule is Cc1ccc2c(c1)NC(=O)C(C)(C(=O)Nc1nc(C)c(C)s1)O2.